The van der Waals surface area contributed by atoms with E-state index in [1.807, 2.05) is 19.2 Å². The highest BCUT2D eigenvalue weighted by atomic mass is 16.2. The second-order valence-corrected chi connectivity index (χ2v) is 9.62. The van der Waals surface area contributed by atoms with Crippen molar-refractivity contribution in [3.05, 3.63) is 65.4 Å². The molecular weight excluding hydrogens is 424 g/mol. The van der Waals surface area contributed by atoms with E-state index in [1.165, 1.54) is 18.4 Å². The molecule has 34 heavy (non-hydrogen) atoms. The first-order valence-corrected chi connectivity index (χ1v) is 12.2. The Kier molecular flexibility index (Phi) is 6.10. The van der Waals surface area contributed by atoms with Gasteiger partial charge in [0.25, 0.3) is 5.91 Å². The number of fused-ring (bicyclic) bond motifs is 1. The summed E-state index contributed by atoms with van der Waals surface area (Å²) in [6.07, 6.45) is 8.59. The van der Waals surface area contributed by atoms with Crippen LogP contribution in [0, 0.1) is 17.2 Å². The van der Waals surface area contributed by atoms with Crippen molar-refractivity contribution >= 4 is 28.4 Å². The van der Waals surface area contributed by atoms with Gasteiger partial charge in [-0.3, -0.25) is 9.59 Å². The van der Waals surface area contributed by atoms with Gasteiger partial charge in [0.05, 0.1) is 22.8 Å². The Bertz CT molecular complexity index is 1270. The van der Waals surface area contributed by atoms with Crippen molar-refractivity contribution in [1.29, 1.82) is 5.26 Å². The summed E-state index contributed by atoms with van der Waals surface area (Å²) in [6.45, 7) is 1.64. The average Bonchev–Trinajstić information content (AvgIpc) is 3.53. The Morgan fingerprint density at radius 2 is 1.76 bits per heavy atom. The van der Waals surface area contributed by atoms with Crippen molar-refractivity contribution in [1.82, 2.24) is 9.47 Å². The van der Waals surface area contributed by atoms with Crippen molar-refractivity contribution in [3.8, 4) is 6.07 Å². The maximum atomic E-state index is 12.9. The monoisotopic (exact) mass is 454 g/mol. The van der Waals surface area contributed by atoms with Crippen LogP contribution in [-0.4, -0.2) is 34.4 Å². The zero-order chi connectivity index (χ0) is 23.7. The van der Waals surface area contributed by atoms with E-state index in [-0.39, 0.29) is 11.8 Å². The first-order valence-electron chi connectivity index (χ1n) is 12.2. The maximum absolute atomic E-state index is 12.9. The van der Waals surface area contributed by atoms with Gasteiger partial charge < -0.3 is 14.8 Å². The Morgan fingerprint density at radius 3 is 2.50 bits per heavy atom. The van der Waals surface area contributed by atoms with Crippen molar-refractivity contribution in [3.63, 3.8) is 0 Å². The summed E-state index contributed by atoms with van der Waals surface area (Å²) in [7, 11) is 2.01. The lowest BCUT2D eigenvalue weighted by Gasteiger charge is -2.33. The second kappa shape index (κ2) is 9.34. The Morgan fingerprint density at radius 1 is 1.03 bits per heavy atom. The van der Waals surface area contributed by atoms with Crippen molar-refractivity contribution in [2.24, 2.45) is 13.0 Å². The molecule has 174 valence electrons. The minimum Gasteiger partial charge on any atom is -0.349 e. The molecule has 3 aromatic rings. The van der Waals surface area contributed by atoms with Crippen LogP contribution in [0.3, 0.4) is 0 Å². The zero-order valence-corrected chi connectivity index (χ0v) is 19.6. The van der Waals surface area contributed by atoms with Gasteiger partial charge in [-0.05, 0) is 61.4 Å². The van der Waals surface area contributed by atoms with Crippen LogP contribution in [0.2, 0.25) is 0 Å². The summed E-state index contributed by atoms with van der Waals surface area (Å²) in [5.74, 6) is 0.772. The molecule has 2 aromatic carbocycles. The highest BCUT2D eigenvalue weighted by Crippen LogP contribution is 2.37. The topological polar surface area (TPSA) is 78.1 Å². The van der Waals surface area contributed by atoms with Gasteiger partial charge in [-0.15, -0.1) is 0 Å². The largest absolute Gasteiger partial charge is 0.349 e. The number of hydrogen-bond acceptors (Lipinski definition) is 3. The predicted octanol–water partition coefficient (Wildman–Crippen LogP) is 5.20. The number of benzene rings is 2. The predicted molar refractivity (Wildman–Crippen MR) is 133 cm³/mol. The SMILES string of the molecule is Cn1cc(C2CCN(C(=O)C3CCCC3)CC2)c2cccc(NC(=O)c3cccc(C#N)c3)c21. The van der Waals surface area contributed by atoms with Gasteiger partial charge in [0.15, 0.2) is 0 Å². The lowest BCUT2D eigenvalue weighted by Crippen LogP contribution is -2.40. The number of nitriles is 1. The van der Waals surface area contributed by atoms with Crippen molar-refractivity contribution in [2.75, 3.05) is 18.4 Å². The lowest BCUT2D eigenvalue weighted by molar-refractivity contribution is -0.136. The standard InChI is InChI=1S/C28H30N4O2/c1-31-18-24(20-12-14-32(15-13-20)28(34)21-7-2-3-8-21)23-10-5-11-25(26(23)31)30-27(33)22-9-4-6-19(16-22)17-29/h4-6,9-11,16,18,20-21H,2-3,7-8,12-15H2,1H3,(H,30,33). The van der Waals surface area contributed by atoms with Gasteiger partial charge in [0.2, 0.25) is 5.91 Å². The van der Waals surface area contributed by atoms with E-state index in [1.54, 1.807) is 24.3 Å². The summed E-state index contributed by atoms with van der Waals surface area (Å²) in [4.78, 5) is 27.8. The first-order chi connectivity index (χ1) is 16.5. The first kappa shape index (κ1) is 22.2. The van der Waals surface area contributed by atoms with E-state index in [9.17, 15) is 9.59 Å². The molecule has 1 aliphatic heterocycles. The molecule has 1 saturated heterocycles. The summed E-state index contributed by atoms with van der Waals surface area (Å²) in [5, 5.41) is 13.3. The van der Waals surface area contributed by atoms with Gasteiger partial charge in [0.1, 0.15) is 0 Å². The maximum Gasteiger partial charge on any atom is 0.255 e. The molecule has 1 aromatic heterocycles. The number of carbonyl (C=O) groups excluding carboxylic acids is 2. The third-order valence-corrected chi connectivity index (χ3v) is 7.49. The Balaban J connectivity index is 1.34. The quantitative estimate of drug-likeness (QED) is 0.589. The minimum atomic E-state index is -0.230. The van der Waals surface area contributed by atoms with Gasteiger partial charge in [0, 0.05) is 43.2 Å². The molecule has 6 heteroatoms. The molecule has 0 bridgehead atoms. The number of anilines is 1. The Labute approximate surface area is 200 Å². The number of aryl methyl sites for hydroxylation is 1. The average molecular weight is 455 g/mol. The fourth-order valence-corrected chi connectivity index (χ4v) is 5.69. The molecule has 2 heterocycles. The molecule has 1 N–H and O–H groups in total. The summed E-state index contributed by atoms with van der Waals surface area (Å²) >= 11 is 0. The minimum absolute atomic E-state index is 0.230. The fraction of sp³-hybridized carbons (Fsp3) is 0.393. The number of likely N-dealkylation sites (tertiary alicyclic amines) is 1. The van der Waals surface area contributed by atoms with Crippen LogP contribution in [0.1, 0.15) is 65.9 Å². The fourth-order valence-electron chi connectivity index (χ4n) is 5.69. The summed E-state index contributed by atoms with van der Waals surface area (Å²) in [5.41, 5.74) is 3.96. The zero-order valence-electron chi connectivity index (χ0n) is 19.6. The van der Waals surface area contributed by atoms with Crippen LogP contribution in [0.5, 0.6) is 0 Å². The molecule has 5 rings (SSSR count). The van der Waals surface area contributed by atoms with Crippen LogP contribution in [0.4, 0.5) is 5.69 Å². The molecule has 0 spiro atoms. The molecule has 6 nitrogen and oxygen atoms in total. The smallest absolute Gasteiger partial charge is 0.255 e. The molecule has 1 aliphatic carbocycles. The van der Waals surface area contributed by atoms with Crippen LogP contribution in [-0.2, 0) is 11.8 Å². The molecule has 0 atom stereocenters. The molecule has 1 saturated carbocycles. The van der Waals surface area contributed by atoms with E-state index in [0.29, 0.717) is 23.0 Å². The summed E-state index contributed by atoms with van der Waals surface area (Å²) < 4.78 is 2.09. The van der Waals surface area contributed by atoms with E-state index < -0.39 is 0 Å². The van der Waals surface area contributed by atoms with Gasteiger partial charge in [-0.25, -0.2) is 0 Å². The van der Waals surface area contributed by atoms with Crippen LogP contribution in [0.15, 0.2) is 48.7 Å². The van der Waals surface area contributed by atoms with E-state index >= 15 is 0 Å². The van der Waals surface area contributed by atoms with Gasteiger partial charge in [-0.1, -0.05) is 31.0 Å². The highest BCUT2D eigenvalue weighted by Gasteiger charge is 2.31. The Hall–Kier alpha value is -3.59. The molecule has 2 aliphatic rings. The third kappa shape index (κ3) is 4.19. The number of amides is 2. The number of rotatable bonds is 4. The van der Waals surface area contributed by atoms with Gasteiger partial charge in [-0.2, -0.15) is 5.26 Å². The van der Waals surface area contributed by atoms with Crippen molar-refractivity contribution < 1.29 is 9.59 Å². The number of para-hydroxylation sites is 1. The number of aromatic nitrogens is 1. The van der Waals surface area contributed by atoms with E-state index in [2.05, 4.69) is 33.1 Å². The second-order valence-electron chi connectivity index (χ2n) is 9.62. The highest BCUT2D eigenvalue weighted by molar-refractivity contribution is 6.09. The van der Waals surface area contributed by atoms with E-state index in [4.69, 9.17) is 5.26 Å². The molecule has 2 fully saturated rings. The number of nitrogens with one attached hydrogen (secondary N) is 1. The summed E-state index contributed by atoms with van der Waals surface area (Å²) in [6, 6.07) is 14.8. The lowest BCUT2D eigenvalue weighted by atomic mass is 9.88. The molecule has 2 amide bonds. The molecule has 0 radical (unpaired) electrons. The number of nitrogens with zero attached hydrogens (tertiary/aromatic N) is 3. The molecule has 0 unspecified atom stereocenters. The van der Waals surface area contributed by atoms with Crippen molar-refractivity contribution in [2.45, 2.75) is 44.4 Å². The van der Waals surface area contributed by atoms with Crippen LogP contribution >= 0.6 is 0 Å². The molecular formula is C28H30N4O2. The third-order valence-electron chi connectivity index (χ3n) is 7.49. The van der Waals surface area contributed by atoms with Crippen LogP contribution in [0.25, 0.3) is 10.9 Å². The number of piperidine rings is 1. The van der Waals surface area contributed by atoms with E-state index in [0.717, 1.165) is 55.4 Å². The van der Waals surface area contributed by atoms with Gasteiger partial charge >= 0.3 is 0 Å². The normalized spacial score (nSPS) is 17.1. The number of hydrogen-bond donors (Lipinski definition) is 1. The number of carbonyl (C=O) groups is 2. The van der Waals surface area contributed by atoms with Crippen LogP contribution < -0.4 is 5.32 Å².